The number of unbranched alkanes of at least 4 members (excludes halogenated alkanes) is 1. The number of halogens is 1. The molecule has 0 spiro atoms. The Hall–Kier alpha value is -0.290. The van der Waals surface area contributed by atoms with E-state index in [0.29, 0.717) is 6.61 Å². The van der Waals surface area contributed by atoms with Crippen molar-refractivity contribution < 1.29 is 9.53 Å². The van der Waals surface area contributed by atoms with Crippen LogP contribution in [0.3, 0.4) is 0 Å². The second kappa shape index (κ2) is 7.90. The van der Waals surface area contributed by atoms with Crippen molar-refractivity contribution in [3.05, 3.63) is 0 Å². The third-order valence-electron chi connectivity index (χ3n) is 2.75. The van der Waals surface area contributed by atoms with Crippen LogP contribution in [0.2, 0.25) is 0 Å². The highest BCUT2D eigenvalue weighted by molar-refractivity contribution is 9.09. The van der Waals surface area contributed by atoms with Gasteiger partial charge in [0, 0.05) is 38.1 Å². The molecule has 0 atom stereocenters. The van der Waals surface area contributed by atoms with Crippen LogP contribution in [0.25, 0.3) is 0 Å². The minimum Gasteiger partial charge on any atom is -0.449 e. The molecule has 0 unspecified atom stereocenters. The lowest BCUT2D eigenvalue weighted by Crippen LogP contribution is -2.49. The van der Waals surface area contributed by atoms with E-state index in [2.05, 4.69) is 27.8 Å². The van der Waals surface area contributed by atoms with Crippen LogP contribution in [-0.4, -0.2) is 60.6 Å². The van der Waals surface area contributed by atoms with E-state index >= 15 is 0 Å². The summed E-state index contributed by atoms with van der Waals surface area (Å²) in [6.45, 7) is 7.18. The van der Waals surface area contributed by atoms with Crippen LogP contribution in [0.5, 0.6) is 0 Å². The second-order valence-corrected chi connectivity index (χ2v) is 4.78. The molecule has 1 saturated heterocycles. The highest BCUT2D eigenvalue weighted by Crippen LogP contribution is 2.04. The van der Waals surface area contributed by atoms with Gasteiger partial charge in [0.25, 0.3) is 0 Å². The molecule has 1 heterocycles. The van der Waals surface area contributed by atoms with Gasteiger partial charge in [-0.05, 0) is 6.42 Å². The minimum absolute atomic E-state index is 0.146. The summed E-state index contributed by atoms with van der Waals surface area (Å²) in [5, 5.41) is 0.994. The molecule has 0 aromatic carbocycles. The van der Waals surface area contributed by atoms with Gasteiger partial charge in [-0.3, -0.25) is 4.90 Å². The fourth-order valence-corrected chi connectivity index (χ4v) is 2.17. The van der Waals surface area contributed by atoms with Gasteiger partial charge in [-0.25, -0.2) is 4.79 Å². The lowest BCUT2D eigenvalue weighted by molar-refractivity contribution is 0.0770. The lowest BCUT2D eigenvalue weighted by atomic mass is 10.3. The molecule has 1 aliphatic heterocycles. The summed E-state index contributed by atoms with van der Waals surface area (Å²) >= 11 is 3.42. The Morgan fingerprint density at radius 1 is 1.31 bits per heavy atom. The van der Waals surface area contributed by atoms with E-state index in [0.717, 1.165) is 50.9 Å². The zero-order valence-corrected chi connectivity index (χ0v) is 11.5. The first-order valence-corrected chi connectivity index (χ1v) is 7.10. The summed E-state index contributed by atoms with van der Waals surface area (Å²) in [5.74, 6) is 0. The van der Waals surface area contributed by atoms with E-state index in [4.69, 9.17) is 4.74 Å². The maximum Gasteiger partial charge on any atom is 0.409 e. The third kappa shape index (κ3) is 4.70. The average molecular weight is 293 g/mol. The molecule has 0 saturated carbocycles. The fourth-order valence-electron chi connectivity index (χ4n) is 1.67. The lowest BCUT2D eigenvalue weighted by Gasteiger charge is -2.33. The van der Waals surface area contributed by atoms with E-state index in [-0.39, 0.29) is 6.09 Å². The Morgan fingerprint density at radius 3 is 2.56 bits per heavy atom. The van der Waals surface area contributed by atoms with Crippen molar-refractivity contribution in [1.29, 1.82) is 0 Å². The van der Waals surface area contributed by atoms with Crippen LogP contribution >= 0.6 is 15.9 Å². The first-order valence-electron chi connectivity index (χ1n) is 5.98. The number of amides is 1. The van der Waals surface area contributed by atoms with Gasteiger partial charge in [-0.15, -0.1) is 0 Å². The zero-order chi connectivity index (χ0) is 11.8. The molecule has 16 heavy (non-hydrogen) atoms. The van der Waals surface area contributed by atoms with E-state index < -0.39 is 0 Å². The van der Waals surface area contributed by atoms with Crippen molar-refractivity contribution in [3.63, 3.8) is 0 Å². The van der Waals surface area contributed by atoms with Crippen LogP contribution in [0.4, 0.5) is 4.79 Å². The molecule has 5 heteroatoms. The highest BCUT2D eigenvalue weighted by Gasteiger charge is 2.21. The van der Waals surface area contributed by atoms with Crippen molar-refractivity contribution in [3.8, 4) is 0 Å². The van der Waals surface area contributed by atoms with Gasteiger partial charge < -0.3 is 9.64 Å². The van der Waals surface area contributed by atoms with Crippen molar-refractivity contribution in [2.75, 3.05) is 44.7 Å². The maximum absolute atomic E-state index is 11.6. The van der Waals surface area contributed by atoms with Crippen molar-refractivity contribution in [1.82, 2.24) is 9.80 Å². The summed E-state index contributed by atoms with van der Waals surface area (Å²) in [6, 6.07) is 0. The van der Waals surface area contributed by atoms with Crippen LogP contribution in [-0.2, 0) is 4.74 Å². The Balaban J connectivity index is 2.17. The number of nitrogens with zero attached hydrogens (tertiary/aromatic N) is 2. The molecule has 4 nitrogen and oxygen atoms in total. The van der Waals surface area contributed by atoms with E-state index in [1.165, 1.54) is 0 Å². The van der Waals surface area contributed by atoms with E-state index in [1.807, 2.05) is 0 Å². The molecule has 1 rings (SSSR count). The number of rotatable bonds is 5. The summed E-state index contributed by atoms with van der Waals surface area (Å²) in [5.41, 5.74) is 0. The topological polar surface area (TPSA) is 32.8 Å². The Labute approximate surface area is 106 Å². The first kappa shape index (κ1) is 13.8. The summed E-state index contributed by atoms with van der Waals surface area (Å²) in [4.78, 5) is 15.8. The SMILES string of the molecule is CCCCOC(=O)N1CCN(CCBr)CC1. The van der Waals surface area contributed by atoms with Gasteiger partial charge in [-0.1, -0.05) is 29.3 Å². The van der Waals surface area contributed by atoms with Crippen LogP contribution in [0, 0.1) is 0 Å². The molecular weight excluding hydrogens is 272 g/mol. The number of hydrogen-bond donors (Lipinski definition) is 0. The molecule has 1 amide bonds. The standard InChI is InChI=1S/C11H21BrN2O2/c1-2-3-10-16-11(15)14-8-6-13(5-4-12)7-9-14/h2-10H2,1H3. The van der Waals surface area contributed by atoms with Gasteiger partial charge in [0.1, 0.15) is 0 Å². The molecule has 1 fully saturated rings. The van der Waals surface area contributed by atoms with Crippen molar-refractivity contribution in [2.45, 2.75) is 19.8 Å². The number of hydrogen-bond acceptors (Lipinski definition) is 3. The summed E-state index contributed by atoms with van der Waals surface area (Å²) < 4.78 is 5.18. The van der Waals surface area contributed by atoms with Gasteiger partial charge in [0.2, 0.25) is 0 Å². The molecule has 0 bridgehead atoms. The largest absolute Gasteiger partial charge is 0.449 e. The zero-order valence-electron chi connectivity index (χ0n) is 9.95. The number of alkyl halides is 1. The van der Waals surface area contributed by atoms with Gasteiger partial charge >= 0.3 is 6.09 Å². The normalized spacial score (nSPS) is 17.5. The number of carbonyl (C=O) groups excluding carboxylic acids is 1. The average Bonchev–Trinajstić information content (AvgIpc) is 2.30. The molecular formula is C11H21BrN2O2. The van der Waals surface area contributed by atoms with Gasteiger partial charge in [-0.2, -0.15) is 0 Å². The van der Waals surface area contributed by atoms with Crippen LogP contribution < -0.4 is 0 Å². The predicted octanol–water partition coefficient (Wildman–Crippen LogP) is 1.94. The summed E-state index contributed by atoms with van der Waals surface area (Å²) in [7, 11) is 0. The molecule has 0 radical (unpaired) electrons. The Kier molecular flexibility index (Phi) is 6.80. The van der Waals surface area contributed by atoms with Crippen LogP contribution in [0.15, 0.2) is 0 Å². The quantitative estimate of drug-likeness (QED) is 0.573. The van der Waals surface area contributed by atoms with Crippen molar-refractivity contribution >= 4 is 22.0 Å². The number of carbonyl (C=O) groups is 1. The molecule has 0 N–H and O–H groups in total. The van der Waals surface area contributed by atoms with E-state index in [9.17, 15) is 4.79 Å². The van der Waals surface area contributed by atoms with Gasteiger partial charge in [0.15, 0.2) is 0 Å². The molecule has 1 aliphatic rings. The predicted molar refractivity (Wildman–Crippen MR) is 68.1 cm³/mol. The third-order valence-corrected chi connectivity index (χ3v) is 3.11. The molecule has 0 aromatic heterocycles. The maximum atomic E-state index is 11.6. The fraction of sp³-hybridized carbons (Fsp3) is 0.909. The second-order valence-electron chi connectivity index (χ2n) is 3.99. The Morgan fingerprint density at radius 2 is 2.00 bits per heavy atom. The smallest absolute Gasteiger partial charge is 0.409 e. The highest BCUT2D eigenvalue weighted by atomic mass is 79.9. The number of ether oxygens (including phenoxy) is 1. The first-order chi connectivity index (χ1) is 7.77. The van der Waals surface area contributed by atoms with Crippen LogP contribution in [0.1, 0.15) is 19.8 Å². The minimum atomic E-state index is -0.146. The van der Waals surface area contributed by atoms with Crippen molar-refractivity contribution in [2.24, 2.45) is 0 Å². The number of piperazine rings is 1. The Bertz CT molecular complexity index is 206. The van der Waals surface area contributed by atoms with Gasteiger partial charge in [0.05, 0.1) is 6.61 Å². The molecule has 0 aromatic rings. The van der Waals surface area contributed by atoms with E-state index in [1.54, 1.807) is 4.90 Å². The molecule has 0 aliphatic carbocycles. The molecule has 94 valence electrons. The summed E-state index contributed by atoms with van der Waals surface area (Å²) in [6.07, 6.45) is 1.87. The monoisotopic (exact) mass is 292 g/mol.